The van der Waals surface area contributed by atoms with Crippen molar-refractivity contribution in [3.8, 4) is 5.75 Å². The fourth-order valence-electron chi connectivity index (χ4n) is 3.50. The van der Waals surface area contributed by atoms with Crippen LogP contribution < -0.4 is 10.3 Å². The van der Waals surface area contributed by atoms with Crippen molar-refractivity contribution in [2.24, 2.45) is 5.92 Å². The zero-order valence-electron chi connectivity index (χ0n) is 15.9. The number of esters is 1. The highest BCUT2D eigenvalue weighted by Gasteiger charge is 2.24. The van der Waals surface area contributed by atoms with Gasteiger partial charge in [0, 0.05) is 4.88 Å². The van der Waals surface area contributed by atoms with Crippen molar-refractivity contribution < 1.29 is 14.3 Å². The lowest BCUT2D eigenvalue weighted by atomic mass is 9.89. The number of H-pyrrole nitrogens is 1. The first kappa shape index (κ1) is 18.7. The Labute approximate surface area is 166 Å². The third kappa shape index (κ3) is 3.80. The normalized spacial score (nSPS) is 17.1. The molecule has 2 atom stereocenters. The number of fused-ring (bicyclic) bond motifs is 3. The molecule has 4 rings (SSSR count). The van der Waals surface area contributed by atoms with E-state index in [0.29, 0.717) is 22.9 Å². The summed E-state index contributed by atoms with van der Waals surface area (Å²) in [5.41, 5.74) is 0.981. The van der Waals surface area contributed by atoms with Crippen LogP contribution in [-0.2, 0) is 22.4 Å². The first-order valence-corrected chi connectivity index (χ1v) is 10.2. The standard InChI is InChI=1S/C21H22N2O4S/c1-12-8-9-15-16(10-12)28-21-18(15)20(25)22-19(23-21)13(2)27-17(24)11-26-14-6-4-3-5-7-14/h3-7,12-13H,8-11H2,1-2H3,(H,22,23,25)/t12-,13+/m1/s1. The van der Waals surface area contributed by atoms with Gasteiger partial charge in [0.05, 0.1) is 5.39 Å². The summed E-state index contributed by atoms with van der Waals surface area (Å²) in [7, 11) is 0. The Morgan fingerprint density at radius 1 is 1.36 bits per heavy atom. The molecule has 0 fully saturated rings. The number of hydrogen-bond acceptors (Lipinski definition) is 6. The smallest absolute Gasteiger partial charge is 0.344 e. The lowest BCUT2D eigenvalue weighted by molar-refractivity contribution is -0.151. The summed E-state index contributed by atoms with van der Waals surface area (Å²) in [6, 6.07) is 9.06. The molecular formula is C21H22N2O4S. The summed E-state index contributed by atoms with van der Waals surface area (Å²) in [6.45, 7) is 3.72. The van der Waals surface area contributed by atoms with E-state index in [1.807, 2.05) is 18.2 Å². The average molecular weight is 398 g/mol. The second-order valence-corrected chi connectivity index (χ2v) is 8.30. The van der Waals surface area contributed by atoms with Crippen LogP contribution in [0.1, 0.15) is 42.6 Å². The van der Waals surface area contributed by atoms with Crippen molar-refractivity contribution in [1.82, 2.24) is 9.97 Å². The second-order valence-electron chi connectivity index (χ2n) is 7.22. The van der Waals surface area contributed by atoms with Gasteiger partial charge in [0.25, 0.3) is 5.56 Å². The molecule has 146 valence electrons. The fourth-order valence-corrected chi connectivity index (χ4v) is 4.89. The van der Waals surface area contributed by atoms with Gasteiger partial charge in [-0.2, -0.15) is 0 Å². The molecule has 0 aliphatic heterocycles. The SMILES string of the molecule is C[C@@H]1CCc2c(sc3nc([C@H](C)OC(=O)COc4ccccc4)[nH]c(=O)c23)C1. The molecule has 2 aromatic heterocycles. The quantitative estimate of drug-likeness (QED) is 0.661. The van der Waals surface area contributed by atoms with Gasteiger partial charge in [-0.05, 0) is 49.8 Å². The molecule has 0 spiro atoms. The van der Waals surface area contributed by atoms with Crippen LogP contribution >= 0.6 is 11.3 Å². The van der Waals surface area contributed by atoms with Crippen LogP contribution in [0.5, 0.6) is 5.75 Å². The number of benzene rings is 1. The van der Waals surface area contributed by atoms with Gasteiger partial charge in [-0.1, -0.05) is 25.1 Å². The number of carbonyl (C=O) groups excluding carboxylic acids is 1. The maximum Gasteiger partial charge on any atom is 0.344 e. The van der Waals surface area contributed by atoms with Gasteiger partial charge in [-0.25, -0.2) is 9.78 Å². The number of carbonyl (C=O) groups is 1. The van der Waals surface area contributed by atoms with Gasteiger partial charge in [-0.3, -0.25) is 4.79 Å². The Kier molecular flexibility index (Phi) is 5.17. The summed E-state index contributed by atoms with van der Waals surface area (Å²) in [6.07, 6.45) is 2.34. The summed E-state index contributed by atoms with van der Waals surface area (Å²) in [4.78, 5) is 34.1. The molecule has 0 radical (unpaired) electrons. The lowest BCUT2D eigenvalue weighted by Gasteiger charge is -2.17. The molecule has 2 heterocycles. The monoisotopic (exact) mass is 398 g/mol. The van der Waals surface area contributed by atoms with Gasteiger partial charge >= 0.3 is 5.97 Å². The molecule has 6 nitrogen and oxygen atoms in total. The van der Waals surface area contributed by atoms with E-state index in [-0.39, 0.29) is 12.2 Å². The van der Waals surface area contributed by atoms with E-state index in [9.17, 15) is 9.59 Å². The van der Waals surface area contributed by atoms with Gasteiger partial charge in [0.1, 0.15) is 10.6 Å². The number of ether oxygens (including phenoxy) is 2. The molecule has 0 unspecified atom stereocenters. The Morgan fingerprint density at radius 3 is 2.93 bits per heavy atom. The summed E-state index contributed by atoms with van der Waals surface area (Å²) >= 11 is 1.58. The van der Waals surface area contributed by atoms with Gasteiger partial charge in [0.2, 0.25) is 0 Å². The molecule has 1 aliphatic carbocycles. The number of aryl methyl sites for hydroxylation is 1. The number of para-hydroxylation sites is 1. The van der Waals surface area contributed by atoms with Crippen molar-refractivity contribution in [2.75, 3.05) is 6.61 Å². The molecule has 0 amide bonds. The minimum Gasteiger partial charge on any atom is -0.482 e. The molecule has 1 aliphatic rings. The first-order valence-electron chi connectivity index (χ1n) is 9.43. The van der Waals surface area contributed by atoms with Crippen molar-refractivity contribution >= 4 is 27.5 Å². The molecule has 0 saturated heterocycles. The summed E-state index contributed by atoms with van der Waals surface area (Å²) in [5, 5.41) is 0.696. The minimum atomic E-state index is -0.665. The van der Waals surface area contributed by atoms with Crippen LogP contribution in [0.25, 0.3) is 10.2 Å². The Bertz CT molecular complexity index is 1060. The third-order valence-electron chi connectivity index (χ3n) is 4.98. The largest absolute Gasteiger partial charge is 0.482 e. The van der Waals surface area contributed by atoms with E-state index in [0.717, 1.165) is 29.7 Å². The predicted molar refractivity (Wildman–Crippen MR) is 108 cm³/mol. The number of hydrogen-bond donors (Lipinski definition) is 1. The first-order chi connectivity index (χ1) is 13.5. The van der Waals surface area contributed by atoms with Crippen LogP contribution in [0.2, 0.25) is 0 Å². The average Bonchev–Trinajstić information content (AvgIpc) is 3.05. The third-order valence-corrected chi connectivity index (χ3v) is 6.13. The van der Waals surface area contributed by atoms with Crippen molar-refractivity contribution in [2.45, 2.75) is 39.2 Å². The Hall–Kier alpha value is -2.67. The van der Waals surface area contributed by atoms with E-state index in [4.69, 9.17) is 9.47 Å². The topological polar surface area (TPSA) is 81.3 Å². The molecule has 0 saturated carbocycles. The van der Waals surface area contributed by atoms with Crippen LogP contribution in [-0.4, -0.2) is 22.5 Å². The highest BCUT2D eigenvalue weighted by Crippen LogP contribution is 2.35. The van der Waals surface area contributed by atoms with Crippen molar-refractivity contribution in [1.29, 1.82) is 0 Å². The van der Waals surface area contributed by atoms with E-state index in [1.165, 1.54) is 4.88 Å². The highest BCUT2D eigenvalue weighted by atomic mass is 32.1. The van der Waals surface area contributed by atoms with Crippen LogP contribution in [0.3, 0.4) is 0 Å². The summed E-state index contributed by atoms with van der Waals surface area (Å²) < 4.78 is 10.8. The van der Waals surface area contributed by atoms with Crippen molar-refractivity contribution in [3.05, 3.63) is 57.0 Å². The van der Waals surface area contributed by atoms with Gasteiger partial charge < -0.3 is 14.5 Å². The zero-order valence-corrected chi connectivity index (χ0v) is 16.7. The Balaban J connectivity index is 1.49. The number of aromatic nitrogens is 2. The summed E-state index contributed by atoms with van der Waals surface area (Å²) in [5.74, 6) is 1.07. The van der Waals surface area contributed by atoms with E-state index >= 15 is 0 Å². The van der Waals surface area contributed by atoms with Crippen LogP contribution in [0, 0.1) is 5.92 Å². The number of aromatic amines is 1. The van der Waals surface area contributed by atoms with Crippen LogP contribution in [0.4, 0.5) is 0 Å². The van der Waals surface area contributed by atoms with Gasteiger partial charge in [-0.15, -0.1) is 11.3 Å². The van der Waals surface area contributed by atoms with E-state index in [1.54, 1.807) is 30.4 Å². The maximum atomic E-state index is 12.7. The molecule has 7 heteroatoms. The lowest BCUT2D eigenvalue weighted by Crippen LogP contribution is -2.20. The van der Waals surface area contributed by atoms with E-state index < -0.39 is 12.1 Å². The molecule has 1 N–H and O–H groups in total. The van der Waals surface area contributed by atoms with Crippen molar-refractivity contribution in [3.63, 3.8) is 0 Å². The fraction of sp³-hybridized carbons (Fsp3) is 0.381. The molecule has 28 heavy (non-hydrogen) atoms. The van der Waals surface area contributed by atoms with E-state index in [2.05, 4.69) is 16.9 Å². The second kappa shape index (κ2) is 7.75. The maximum absolute atomic E-state index is 12.7. The number of thiophene rings is 1. The number of rotatable bonds is 5. The number of nitrogens with one attached hydrogen (secondary N) is 1. The molecule has 0 bridgehead atoms. The molecule has 3 aromatic rings. The van der Waals surface area contributed by atoms with Gasteiger partial charge in [0.15, 0.2) is 18.5 Å². The molecular weight excluding hydrogens is 376 g/mol. The number of nitrogens with zero attached hydrogens (tertiary/aromatic N) is 1. The Morgan fingerprint density at radius 2 is 2.14 bits per heavy atom. The highest BCUT2D eigenvalue weighted by molar-refractivity contribution is 7.18. The zero-order chi connectivity index (χ0) is 19.7. The van der Waals surface area contributed by atoms with Crippen LogP contribution in [0.15, 0.2) is 35.1 Å². The minimum absolute atomic E-state index is 0.157. The molecule has 1 aromatic carbocycles. The predicted octanol–water partition coefficient (Wildman–Crippen LogP) is 3.79.